The van der Waals surface area contributed by atoms with Crippen LogP contribution in [0.3, 0.4) is 0 Å². The van der Waals surface area contributed by atoms with Gasteiger partial charge in [-0.25, -0.2) is 4.98 Å². The van der Waals surface area contributed by atoms with Gasteiger partial charge in [-0.05, 0) is 18.8 Å². The molecule has 4 nitrogen and oxygen atoms in total. The maximum Gasteiger partial charge on any atom is 0.228 e. The first-order chi connectivity index (χ1) is 9.06. The van der Waals surface area contributed by atoms with Crippen LogP contribution in [0.1, 0.15) is 46.0 Å². The molecule has 0 saturated heterocycles. The second kappa shape index (κ2) is 6.42. The lowest BCUT2D eigenvalue weighted by molar-refractivity contribution is 0.397. The van der Waals surface area contributed by atoms with Gasteiger partial charge in [0, 0.05) is 18.7 Å². The zero-order valence-corrected chi connectivity index (χ0v) is 12.5. The number of rotatable bonds is 4. The minimum Gasteiger partial charge on any atom is -0.383 e. The van der Waals surface area contributed by atoms with Crippen LogP contribution in [0.15, 0.2) is 6.07 Å². The molecule has 1 heterocycles. The molecule has 19 heavy (non-hydrogen) atoms. The topological polar surface area (TPSA) is 55.0 Å². The smallest absolute Gasteiger partial charge is 0.228 e. The van der Waals surface area contributed by atoms with Gasteiger partial charge in [0.1, 0.15) is 11.0 Å². The molecule has 0 atom stereocenters. The van der Waals surface area contributed by atoms with E-state index < -0.39 is 0 Å². The summed E-state index contributed by atoms with van der Waals surface area (Å²) in [5.41, 5.74) is 5.80. The third-order valence-electron chi connectivity index (χ3n) is 3.54. The van der Waals surface area contributed by atoms with Gasteiger partial charge in [-0.1, -0.05) is 44.7 Å². The van der Waals surface area contributed by atoms with Crippen molar-refractivity contribution in [3.05, 3.63) is 11.2 Å². The second-order valence-corrected chi connectivity index (χ2v) is 6.14. The Morgan fingerprint density at radius 3 is 2.58 bits per heavy atom. The molecular formula is C14H23ClN4. The summed E-state index contributed by atoms with van der Waals surface area (Å²) in [5.74, 6) is 1.69. The first-order valence-electron chi connectivity index (χ1n) is 7.13. The van der Waals surface area contributed by atoms with Crippen molar-refractivity contribution in [3.8, 4) is 0 Å². The highest BCUT2D eigenvalue weighted by atomic mass is 35.5. The van der Waals surface area contributed by atoms with Crippen LogP contribution in [0.5, 0.6) is 0 Å². The van der Waals surface area contributed by atoms with Crippen molar-refractivity contribution in [2.75, 3.05) is 17.2 Å². The molecule has 2 rings (SSSR count). The highest BCUT2D eigenvalue weighted by Gasteiger charge is 2.24. The summed E-state index contributed by atoms with van der Waals surface area (Å²) < 4.78 is 0. The van der Waals surface area contributed by atoms with Gasteiger partial charge in [0.05, 0.1) is 0 Å². The van der Waals surface area contributed by atoms with E-state index >= 15 is 0 Å². The predicted molar refractivity (Wildman–Crippen MR) is 80.5 cm³/mol. The van der Waals surface area contributed by atoms with Crippen LogP contribution in [-0.4, -0.2) is 22.6 Å². The Balaban J connectivity index is 2.24. The van der Waals surface area contributed by atoms with Crippen molar-refractivity contribution < 1.29 is 0 Å². The van der Waals surface area contributed by atoms with Crippen LogP contribution in [0.4, 0.5) is 11.8 Å². The first-order valence-corrected chi connectivity index (χ1v) is 7.50. The van der Waals surface area contributed by atoms with E-state index in [9.17, 15) is 0 Å². The molecule has 1 aromatic rings. The maximum atomic E-state index is 6.01. The summed E-state index contributed by atoms with van der Waals surface area (Å²) in [6, 6.07) is 2.12. The van der Waals surface area contributed by atoms with E-state index in [1.807, 2.05) is 0 Å². The van der Waals surface area contributed by atoms with E-state index in [2.05, 4.69) is 28.7 Å². The van der Waals surface area contributed by atoms with E-state index in [0.29, 0.717) is 28.9 Å². The van der Waals surface area contributed by atoms with Gasteiger partial charge in [0.25, 0.3) is 0 Å². The molecule has 1 fully saturated rings. The molecule has 1 saturated carbocycles. The number of hydrogen-bond donors (Lipinski definition) is 1. The van der Waals surface area contributed by atoms with Crippen molar-refractivity contribution in [3.63, 3.8) is 0 Å². The van der Waals surface area contributed by atoms with Crippen molar-refractivity contribution in [1.82, 2.24) is 9.97 Å². The Morgan fingerprint density at radius 2 is 2.00 bits per heavy atom. The Hall–Kier alpha value is -1.03. The van der Waals surface area contributed by atoms with Crippen LogP contribution >= 0.6 is 11.6 Å². The molecule has 0 unspecified atom stereocenters. The molecule has 0 aromatic carbocycles. The summed E-state index contributed by atoms with van der Waals surface area (Å²) in [4.78, 5) is 11.0. The lowest BCUT2D eigenvalue weighted by Crippen LogP contribution is -2.40. The summed E-state index contributed by atoms with van der Waals surface area (Å²) in [5, 5.41) is 0.423. The van der Waals surface area contributed by atoms with E-state index in [1.165, 1.54) is 32.1 Å². The molecule has 0 aliphatic heterocycles. The van der Waals surface area contributed by atoms with Crippen LogP contribution in [0.25, 0.3) is 0 Å². The van der Waals surface area contributed by atoms with Gasteiger partial charge in [0.2, 0.25) is 5.95 Å². The van der Waals surface area contributed by atoms with Gasteiger partial charge in [-0.15, -0.1) is 0 Å². The molecule has 0 spiro atoms. The van der Waals surface area contributed by atoms with Crippen molar-refractivity contribution in [2.24, 2.45) is 5.92 Å². The molecule has 1 aromatic heterocycles. The predicted octanol–water partition coefficient (Wildman–Crippen LogP) is 3.51. The fraction of sp³-hybridized carbons (Fsp3) is 0.714. The van der Waals surface area contributed by atoms with Gasteiger partial charge < -0.3 is 10.6 Å². The summed E-state index contributed by atoms with van der Waals surface area (Å²) in [6.07, 6.45) is 6.33. The number of hydrogen-bond acceptors (Lipinski definition) is 4. The quantitative estimate of drug-likeness (QED) is 0.859. The fourth-order valence-electron chi connectivity index (χ4n) is 2.73. The molecule has 5 heteroatoms. The highest BCUT2D eigenvalue weighted by molar-refractivity contribution is 6.29. The molecule has 1 aliphatic carbocycles. The number of anilines is 2. The second-order valence-electron chi connectivity index (χ2n) is 5.75. The maximum absolute atomic E-state index is 6.01. The molecule has 0 radical (unpaired) electrons. The number of halogens is 1. The molecule has 2 N–H and O–H groups in total. The standard InChI is InChI=1S/C14H23ClN4/c1-10(2)9-19(11-6-4-3-5-7-11)14-17-12(15)8-13(16)18-14/h8,10-11H,3-7,9H2,1-2H3,(H2,16,17,18). The lowest BCUT2D eigenvalue weighted by Gasteiger charge is -2.35. The Bertz CT molecular complexity index is 396. The zero-order valence-electron chi connectivity index (χ0n) is 11.8. The normalized spacial score (nSPS) is 16.8. The largest absolute Gasteiger partial charge is 0.383 e. The number of aromatic nitrogens is 2. The van der Waals surface area contributed by atoms with E-state index in [-0.39, 0.29) is 0 Å². The third kappa shape index (κ3) is 3.96. The molecule has 0 amide bonds. The van der Waals surface area contributed by atoms with E-state index in [1.54, 1.807) is 6.07 Å². The van der Waals surface area contributed by atoms with Gasteiger partial charge in [0.15, 0.2) is 0 Å². The monoisotopic (exact) mass is 282 g/mol. The summed E-state index contributed by atoms with van der Waals surface area (Å²) in [7, 11) is 0. The van der Waals surface area contributed by atoms with Gasteiger partial charge >= 0.3 is 0 Å². The van der Waals surface area contributed by atoms with Crippen LogP contribution in [0.2, 0.25) is 5.15 Å². The zero-order chi connectivity index (χ0) is 13.8. The fourth-order valence-corrected chi connectivity index (χ4v) is 2.92. The Morgan fingerprint density at radius 1 is 1.32 bits per heavy atom. The minimum atomic E-state index is 0.423. The minimum absolute atomic E-state index is 0.423. The van der Waals surface area contributed by atoms with Crippen LogP contribution in [0, 0.1) is 5.92 Å². The van der Waals surface area contributed by atoms with Crippen molar-refractivity contribution >= 4 is 23.4 Å². The van der Waals surface area contributed by atoms with E-state index in [4.69, 9.17) is 17.3 Å². The van der Waals surface area contributed by atoms with E-state index in [0.717, 1.165) is 6.54 Å². The van der Waals surface area contributed by atoms with Gasteiger partial charge in [-0.2, -0.15) is 4.98 Å². The third-order valence-corrected chi connectivity index (χ3v) is 3.73. The van der Waals surface area contributed by atoms with Crippen molar-refractivity contribution in [1.29, 1.82) is 0 Å². The number of nitrogen functional groups attached to an aromatic ring is 1. The summed E-state index contributed by atoms with van der Waals surface area (Å²) >= 11 is 6.01. The Kier molecular flexibility index (Phi) is 4.86. The SMILES string of the molecule is CC(C)CN(c1nc(N)cc(Cl)n1)C1CCCCC1. The van der Waals surface area contributed by atoms with Crippen LogP contribution in [-0.2, 0) is 0 Å². The van der Waals surface area contributed by atoms with Gasteiger partial charge in [-0.3, -0.25) is 0 Å². The van der Waals surface area contributed by atoms with Crippen molar-refractivity contribution in [2.45, 2.75) is 52.0 Å². The number of nitrogens with zero attached hydrogens (tertiary/aromatic N) is 3. The number of nitrogens with two attached hydrogens (primary N) is 1. The van der Waals surface area contributed by atoms with Crippen LogP contribution < -0.4 is 10.6 Å². The first kappa shape index (κ1) is 14.4. The molecule has 0 bridgehead atoms. The summed E-state index contributed by atoms with van der Waals surface area (Å²) in [6.45, 7) is 5.37. The Labute approximate surface area is 120 Å². The molecule has 1 aliphatic rings. The average Bonchev–Trinajstić information content (AvgIpc) is 2.35. The molecule has 106 valence electrons. The molecular weight excluding hydrogens is 260 g/mol. The average molecular weight is 283 g/mol. The highest BCUT2D eigenvalue weighted by Crippen LogP contribution is 2.27. The lowest BCUT2D eigenvalue weighted by atomic mass is 9.94.